The molecule has 1 atom stereocenters. The molecule has 2 saturated heterocycles. The normalized spacial score (nSPS) is 28.9. The maximum atomic E-state index is 9.86. The molecule has 122 valence electrons. The maximum absolute atomic E-state index is 9.86. The van der Waals surface area contributed by atoms with Gasteiger partial charge in [-0.1, -0.05) is 0 Å². The smallest absolute Gasteiger partial charge is 0.0628 e. The molecule has 21 heavy (non-hydrogen) atoms. The highest BCUT2D eigenvalue weighted by Gasteiger charge is 2.45. The van der Waals surface area contributed by atoms with Crippen LogP contribution in [-0.2, 0) is 0 Å². The Morgan fingerprint density at radius 3 is 2.19 bits per heavy atom. The summed E-state index contributed by atoms with van der Waals surface area (Å²) in [5.74, 6) is 1.59. The predicted octanol–water partition coefficient (Wildman–Crippen LogP) is 1.15. The number of likely N-dealkylation sites (N-methyl/N-ethyl adjacent to an activating group) is 1. The molecule has 0 aromatic rings. The fourth-order valence-electron chi connectivity index (χ4n) is 4.36. The van der Waals surface area contributed by atoms with Crippen LogP contribution in [0.2, 0.25) is 0 Å². The van der Waals surface area contributed by atoms with Crippen LogP contribution in [0.25, 0.3) is 0 Å². The quantitative estimate of drug-likeness (QED) is 0.739. The van der Waals surface area contributed by atoms with Crippen LogP contribution in [0, 0.1) is 11.8 Å². The number of nitrogens with zero attached hydrogens (tertiary/aromatic N) is 2. The first kappa shape index (κ1) is 15.7. The summed E-state index contributed by atoms with van der Waals surface area (Å²) in [5, 5.41) is 13.3. The molecule has 2 heterocycles. The molecular formula is C17H33N3O. The van der Waals surface area contributed by atoms with Gasteiger partial charge in [-0.2, -0.15) is 0 Å². The summed E-state index contributed by atoms with van der Waals surface area (Å²) in [4.78, 5) is 5.25. The van der Waals surface area contributed by atoms with Crippen LogP contribution in [0.1, 0.15) is 38.5 Å². The van der Waals surface area contributed by atoms with Crippen LogP contribution < -0.4 is 5.32 Å². The molecule has 0 spiro atoms. The first-order valence-electron chi connectivity index (χ1n) is 9.00. The average molecular weight is 295 g/mol. The maximum Gasteiger partial charge on any atom is 0.0628 e. The Morgan fingerprint density at radius 1 is 1.00 bits per heavy atom. The first-order valence-corrected chi connectivity index (χ1v) is 9.00. The molecule has 1 unspecified atom stereocenters. The third kappa shape index (κ3) is 3.79. The third-order valence-corrected chi connectivity index (χ3v) is 6.07. The Balaban J connectivity index is 1.44. The van der Waals surface area contributed by atoms with Crippen LogP contribution in [0.5, 0.6) is 0 Å². The zero-order valence-corrected chi connectivity index (χ0v) is 13.7. The number of nitrogens with one attached hydrogen (secondary N) is 1. The largest absolute Gasteiger partial charge is 0.394 e. The van der Waals surface area contributed by atoms with Crippen molar-refractivity contribution in [2.75, 3.05) is 52.9 Å². The zero-order chi connectivity index (χ0) is 14.7. The highest BCUT2D eigenvalue weighted by molar-refractivity contribution is 5.02. The standard InChI is InChI=1S/C17H33N3O/c1-18-17(14-21,16-4-5-16)13-20-10-6-15(7-11-20)12-19-8-2-3-9-19/h15-16,18,21H,2-14H2,1H3. The van der Waals surface area contributed by atoms with Crippen molar-refractivity contribution in [2.24, 2.45) is 11.8 Å². The molecule has 4 nitrogen and oxygen atoms in total. The van der Waals surface area contributed by atoms with Crippen molar-refractivity contribution in [3.63, 3.8) is 0 Å². The second-order valence-electron chi connectivity index (χ2n) is 7.57. The van der Waals surface area contributed by atoms with Gasteiger partial charge in [0, 0.05) is 13.1 Å². The summed E-state index contributed by atoms with van der Waals surface area (Å²) < 4.78 is 0. The summed E-state index contributed by atoms with van der Waals surface area (Å²) in [7, 11) is 2.02. The minimum Gasteiger partial charge on any atom is -0.394 e. The number of piperidine rings is 1. The van der Waals surface area contributed by atoms with Crippen LogP contribution in [0.15, 0.2) is 0 Å². The van der Waals surface area contributed by atoms with Crippen molar-refractivity contribution in [2.45, 2.75) is 44.1 Å². The molecule has 0 bridgehead atoms. The van der Waals surface area contributed by atoms with Crippen LogP contribution in [-0.4, -0.2) is 73.4 Å². The Morgan fingerprint density at radius 2 is 1.67 bits per heavy atom. The molecule has 4 heteroatoms. The molecule has 3 rings (SSSR count). The zero-order valence-electron chi connectivity index (χ0n) is 13.7. The van der Waals surface area contributed by atoms with E-state index in [1.807, 2.05) is 7.05 Å². The molecule has 3 fully saturated rings. The molecule has 1 aliphatic carbocycles. The summed E-state index contributed by atoms with van der Waals surface area (Å²) in [6, 6.07) is 0. The Bertz CT molecular complexity index is 314. The molecule has 3 aliphatic rings. The van der Waals surface area contributed by atoms with E-state index in [2.05, 4.69) is 15.1 Å². The Kier molecular flexibility index (Phi) is 5.20. The number of hydrogen-bond donors (Lipinski definition) is 2. The van der Waals surface area contributed by atoms with E-state index in [-0.39, 0.29) is 12.1 Å². The molecule has 2 N–H and O–H groups in total. The first-order chi connectivity index (χ1) is 10.3. The number of aliphatic hydroxyl groups is 1. The third-order valence-electron chi connectivity index (χ3n) is 6.07. The Labute approximate surface area is 129 Å². The van der Waals surface area contributed by atoms with Gasteiger partial charge < -0.3 is 20.2 Å². The topological polar surface area (TPSA) is 38.7 Å². The van der Waals surface area contributed by atoms with E-state index >= 15 is 0 Å². The lowest BCUT2D eigenvalue weighted by molar-refractivity contribution is 0.0727. The van der Waals surface area contributed by atoms with Crippen molar-refractivity contribution >= 4 is 0 Å². The van der Waals surface area contributed by atoms with E-state index in [1.165, 1.54) is 71.2 Å². The summed E-state index contributed by atoms with van der Waals surface area (Å²) >= 11 is 0. The van der Waals surface area contributed by atoms with Crippen LogP contribution >= 0.6 is 0 Å². The monoisotopic (exact) mass is 295 g/mol. The summed E-state index contributed by atoms with van der Waals surface area (Å²) in [6.45, 7) is 7.73. The van der Waals surface area contributed by atoms with E-state index in [0.717, 1.165) is 12.5 Å². The second-order valence-corrected chi connectivity index (χ2v) is 7.57. The SMILES string of the molecule is CNC(CO)(CN1CCC(CN2CCCC2)CC1)C1CC1. The van der Waals surface area contributed by atoms with Gasteiger partial charge in [-0.05, 0) is 83.6 Å². The summed E-state index contributed by atoms with van der Waals surface area (Å²) in [5.41, 5.74) is -0.0399. The lowest BCUT2D eigenvalue weighted by Crippen LogP contribution is -2.57. The predicted molar refractivity (Wildman–Crippen MR) is 86.4 cm³/mol. The highest BCUT2D eigenvalue weighted by atomic mass is 16.3. The number of likely N-dealkylation sites (tertiary alicyclic amines) is 2. The fourth-order valence-corrected chi connectivity index (χ4v) is 4.36. The van der Waals surface area contributed by atoms with Crippen molar-refractivity contribution in [3.8, 4) is 0 Å². The molecule has 0 amide bonds. The average Bonchev–Trinajstić information content (AvgIpc) is 3.25. The van der Waals surface area contributed by atoms with E-state index in [4.69, 9.17) is 0 Å². The lowest BCUT2D eigenvalue weighted by atomic mass is 9.90. The minimum atomic E-state index is -0.0399. The summed E-state index contributed by atoms with van der Waals surface area (Å²) in [6.07, 6.45) is 8.06. The molecule has 0 radical (unpaired) electrons. The van der Waals surface area contributed by atoms with Crippen molar-refractivity contribution < 1.29 is 5.11 Å². The van der Waals surface area contributed by atoms with Gasteiger partial charge in [-0.25, -0.2) is 0 Å². The van der Waals surface area contributed by atoms with E-state index in [1.54, 1.807) is 0 Å². The van der Waals surface area contributed by atoms with E-state index in [9.17, 15) is 5.11 Å². The van der Waals surface area contributed by atoms with Gasteiger partial charge in [0.2, 0.25) is 0 Å². The highest BCUT2D eigenvalue weighted by Crippen LogP contribution is 2.40. The van der Waals surface area contributed by atoms with Gasteiger partial charge in [-0.15, -0.1) is 0 Å². The fraction of sp³-hybridized carbons (Fsp3) is 1.00. The second kappa shape index (κ2) is 6.95. The molecular weight excluding hydrogens is 262 g/mol. The Hall–Kier alpha value is -0.160. The molecule has 2 aliphatic heterocycles. The van der Waals surface area contributed by atoms with Gasteiger partial charge in [0.15, 0.2) is 0 Å². The van der Waals surface area contributed by atoms with Gasteiger partial charge in [0.05, 0.1) is 12.1 Å². The van der Waals surface area contributed by atoms with Crippen molar-refractivity contribution in [1.82, 2.24) is 15.1 Å². The van der Waals surface area contributed by atoms with Gasteiger partial charge >= 0.3 is 0 Å². The lowest BCUT2D eigenvalue weighted by Gasteiger charge is -2.41. The molecule has 0 aromatic carbocycles. The van der Waals surface area contributed by atoms with E-state index < -0.39 is 0 Å². The number of rotatable bonds is 7. The van der Waals surface area contributed by atoms with Gasteiger partial charge in [0.25, 0.3) is 0 Å². The van der Waals surface area contributed by atoms with Crippen LogP contribution in [0.4, 0.5) is 0 Å². The molecule has 0 aromatic heterocycles. The van der Waals surface area contributed by atoms with E-state index in [0.29, 0.717) is 5.92 Å². The number of aliphatic hydroxyl groups excluding tert-OH is 1. The minimum absolute atomic E-state index is 0.0399. The molecule has 1 saturated carbocycles. The number of hydrogen-bond acceptors (Lipinski definition) is 4. The van der Waals surface area contributed by atoms with Gasteiger partial charge in [-0.3, -0.25) is 0 Å². The van der Waals surface area contributed by atoms with Gasteiger partial charge in [0.1, 0.15) is 0 Å². The van der Waals surface area contributed by atoms with Crippen molar-refractivity contribution in [3.05, 3.63) is 0 Å². The van der Waals surface area contributed by atoms with Crippen molar-refractivity contribution in [1.29, 1.82) is 0 Å². The van der Waals surface area contributed by atoms with Crippen LogP contribution in [0.3, 0.4) is 0 Å².